The smallest absolute Gasteiger partial charge is 0.257 e. The number of carbonyl (C=O) groups is 2. The van der Waals surface area contributed by atoms with Gasteiger partial charge in [-0.3, -0.25) is 9.59 Å². The van der Waals surface area contributed by atoms with E-state index in [0.717, 1.165) is 18.2 Å². The first-order valence-electron chi connectivity index (χ1n) is 5.56. The van der Waals surface area contributed by atoms with Crippen LogP contribution in [0, 0.1) is 11.7 Å². The van der Waals surface area contributed by atoms with E-state index in [-0.39, 0.29) is 23.8 Å². The molecule has 2 rings (SSSR count). The second-order valence-corrected chi connectivity index (χ2v) is 4.30. The Morgan fingerprint density at radius 1 is 1.44 bits per heavy atom. The van der Waals surface area contributed by atoms with Crippen LogP contribution in [0.4, 0.5) is 4.39 Å². The number of carbonyl (C=O) groups excluding carboxylic acids is 2. The van der Waals surface area contributed by atoms with Gasteiger partial charge in [-0.15, -0.1) is 0 Å². The summed E-state index contributed by atoms with van der Waals surface area (Å²) < 4.78 is 13.0. The Kier molecular flexibility index (Phi) is 3.18. The van der Waals surface area contributed by atoms with Crippen LogP contribution in [0.5, 0.6) is 5.75 Å². The number of amides is 2. The molecule has 18 heavy (non-hydrogen) atoms. The Balaban J connectivity index is 2.17. The first kappa shape index (κ1) is 12.3. The van der Waals surface area contributed by atoms with Crippen molar-refractivity contribution in [1.29, 1.82) is 0 Å². The summed E-state index contributed by atoms with van der Waals surface area (Å²) in [5.74, 6) is -2.18. The van der Waals surface area contributed by atoms with Crippen molar-refractivity contribution in [3.8, 4) is 5.75 Å². The van der Waals surface area contributed by atoms with E-state index >= 15 is 0 Å². The molecule has 6 heteroatoms. The molecule has 1 saturated heterocycles. The van der Waals surface area contributed by atoms with Gasteiger partial charge < -0.3 is 15.7 Å². The monoisotopic (exact) mass is 252 g/mol. The van der Waals surface area contributed by atoms with Gasteiger partial charge in [0.25, 0.3) is 5.91 Å². The first-order valence-corrected chi connectivity index (χ1v) is 5.56. The molecule has 3 N–H and O–H groups in total. The number of likely N-dealkylation sites (tertiary alicyclic amines) is 1. The van der Waals surface area contributed by atoms with Crippen LogP contribution < -0.4 is 5.73 Å². The normalized spacial score (nSPS) is 18.9. The zero-order valence-corrected chi connectivity index (χ0v) is 9.60. The fourth-order valence-electron chi connectivity index (χ4n) is 2.03. The first-order chi connectivity index (χ1) is 8.49. The van der Waals surface area contributed by atoms with Crippen LogP contribution in [-0.4, -0.2) is 34.9 Å². The minimum atomic E-state index is -0.596. The summed E-state index contributed by atoms with van der Waals surface area (Å²) in [7, 11) is 0. The molecule has 1 aromatic rings. The standard InChI is InChI=1S/C12H13FN2O3/c13-8-1-2-10(16)9(5-8)12(18)15-4-3-7(6-15)11(14)17/h1-2,5,7,16H,3-4,6H2,(H2,14,17). The van der Waals surface area contributed by atoms with E-state index in [1.807, 2.05) is 0 Å². The fraction of sp³-hybridized carbons (Fsp3) is 0.333. The summed E-state index contributed by atoms with van der Waals surface area (Å²) in [5.41, 5.74) is 5.07. The minimum Gasteiger partial charge on any atom is -0.507 e. The predicted molar refractivity (Wildman–Crippen MR) is 61.3 cm³/mol. The third-order valence-electron chi connectivity index (χ3n) is 3.07. The van der Waals surface area contributed by atoms with Crippen molar-refractivity contribution < 1.29 is 19.1 Å². The summed E-state index contributed by atoms with van der Waals surface area (Å²) in [6.45, 7) is 0.590. The van der Waals surface area contributed by atoms with Gasteiger partial charge in [0.15, 0.2) is 0 Å². The van der Waals surface area contributed by atoms with E-state index in [0.29, 0.717) is 13.0 Å². The SMILES string of the molecule is NC(=O)C1CCN(C(=O)c2cc(F)ccc2O)C1. The molecule has 1 unspecified atom stereocenters. The zero-order valence-electron chi connectivity index (χ0n) is 9.60. The van der Waals surface area contributed by atoms with Crippen LogP contribution in [0.2, 0.25) is 0 Å². The quantitative estimate of drug-likeness (QED) is 0.803. The molecule has 5 nitrogen and oxygen atoms in total. The highest BCUT2D eigenvalue weighted by Gasteiger charge is 2.31. The number of phenolic OH excluding ortho intramolecular Hbond substituents is 1. The molecule has 0 aromatic heterocycles. The van der Waals surface area contributed by atoms with Crippen LogP contribution >= 0.6 is 0 Å². The highest BCUT2D eigenvalue weighted by molar-refractivity contribution is 5.97. The number of hydrogen-bond acceptors (Lipinski definition) is 3. The Morgan fingerprint density at radius 2 is 2.17 bits per heavy atom. The van der Waals surface area contributed by atoms with Gasteiger partial charge in [-0.25, -0.2) is 4.39 Å². The van der Waals surface area contributed by atoms with Crippen molar-refractivity contribution in [2.45, 2.75) is 6.42 Å². The van der Waals surface area contributed by atoms with Crippen LogP contribution in [0.3, 0.4) is 0 Å². The van der Waals surface area contributed by atoms with Crippen molar-refractivity contribution in [2.75, 3.05) is 13.1 Å². The Hall–Kier alpha value is -2.11. The molecule has 1 heterocycles. The minimum absolute atomic E-state index is 0.0971. The van der Waals surface area contributed by atoms with E-state index in [1.54, 1.807) is 0 Å². The summed E-state index contributed by atoms with van der Waals surface area (Å²) in [6.07, 6.45) is 0.497. The van der Waals surface area contributed by atoms with Crippen LogP contribution in [0.15, 0.2) is 18.2 Å². The number of benzene rings is 1. The van der Waals surface area contributed by atoms with Gasteiger partial charge in [0.2, 0.25) is 5.91 Å². The second kappa shape index (κ2) is 4.64. The molecule has 0 aliphatic carbocycles. The maximum atomic E-state index is 13.0. The molecule has 1 fully saturated rings. The van der Waals surface area contributed by atoms with Crippen molar-refractivity contribution in [3.05, 3.63) is 29.6 Å². The lowest BCUT2D eigenvalue weighted by molar-refractivity contribution is -0.121. The molecule has 0 bridgehead atoms. The second-order valence-electron chi connectivity index (χ2n) is 4.30. The summed E-state index contributed by atoms with van der Waals surface area (Å²) in [6, 6.07) is 3.18. The summed E-state index contributed by atoms with van der Waals surface area (Å²) >= 11 is 0. The maximum absolute atomic E-state index is 13.0. The van der Waals surface area contributed by atoms with Gasteiger partial charge in [-0.05, 0) is 24.6 Å². The van der Waals surface area contributed by atoms with Crippen molar-refractivity contribution in [1.82, 2.24) is 4.90 Å². The number of aromatic hydroxyl groups is 1. The summed E-state index contributed by atoms with van der Waals surface area (Å²) in [5, 5.41) is 9.53. The van der Waals surface area contributed by atoms with Crippen molar-refractivity contribution in [2.24, 2.45) is 11.7 Å². The number of nitrogens with two attached hydrogens (primary N) is 1. The van der Waals surface area contributed by atoms with E-state index in [9.17, 15) is 19.1 Å². The topological polar surface area (TPSA) is 83.6 Å². The number of nitrogens with zero attached hydrogens (tertiary/aromatic N) is 1. The summed E-state index contributed by atoms with van der Waals surface area (Å²) in [4.78, 5) is 24.4. The largest absolute Gasteiger partial charge is 0.507 e. The number of hydrogen-bond donors (Lipinski definition) is 2. The Morgan fingerprint density at radius 3 is 2.78 bits per heavy atom. The molecule has 1 aliphatic rings. The van der Waals surface area contributed by atoms with Gasteiger partial charge in [0, 0.05) is 13.1 Å². The highest BCUT2D eigenvalue weighted by atomic mass is 19.1. The highest BCUT2D eigenvalue weighted by Crippen LogP contribution is 2.23. The lowest BCUT2D eigenvalue weighted by atomic mass is 10.1. The lowest BCUT2D eigenvalue weighted by Crippen LogP contribution is -2.31. The van der Waals surface area contributed by atoms with Gasteiger partial charge in [0.05, 0.1) is 11.5 Å². The average molecular weight is 252 g/mol. The van der Waals surface area contributed by atoms with Gasteiger partial charge in [-0.1, -0.05) is 0 Å². The fourth-order valence-corrected chi connectivity index (χ4v) is 2.03. The molecule has 0 radical (unpaired) electrons. The molecule has 0 saturated carbocycles. The molecule has 1 aromatic carbocycles. The van der Waals surface area contributed by atoms with Gasteiger partial charge in [0.1, 0.15) is 11.6 Å². The Bertz CT molecular complexity index is 504. The van der Waals surface area contributed by atoms with Crippen molar-refractivity contribution >= 4 is 11.8 Å². The Labute approximate surface area is 103 Å². The molecule has 2 amide bonds. The molecule has 0 spiro atoms. The lowest BCUT2D eigenvalue weighted by Gasteiger charge is -2.16. The predicted octanol–water partition coefficient (Wildman–Crippen LogP) is 0.479. The van der Waals surface area contributed by atoms with E-state index in [4.69, 9.17) is 5.73 Å². The van der Waals surface area contributed by atoms with Crippen LogP contribution in [-0.2, 0) is 4.79 Å². The number of primary amides is 1. The number of rotatable bonds is 2. The van der Waals surface area contributed by atoms with Crippen molar-refractivity contribution in [3.63, 3.8) is 0 Å². The molecule has 1 aliphatic heterocycles. The van der Waals surface area contributed by atoms with E-state index < -0.39 is 17.6 Å². The maximum Gasteiger partial charge on any atom is 0.257 e. The third kappa shape index (κ3) is 2.27. The number of halogens is 1. The zero-order chi connectivity index (χ0) is 13.3. The van der Waals surface area contributed by atoms with Crippen LogP contribution in [0.1, 0.15) is 16.8 Å². The molecule has 1 atom stereocenters. The molecular formula is C12H13FN2O3. The van der Waals surface area contributed by atoms with Gasteiger partial charge in [-0.2, -0.15) is 0 Å². The third-order valence-corrected chi connectivity index (χ3v) is 3.07. The number of phenols is 1. The van der Waals surface area contributed by atoms with E-state index in [2.05, 4.69) is 0 Å². The van der Waals surface area contributed by atoms with Crippen LogP contribution in [0.25, 0.3) is 0 Å². The van der Waals surface area contributed by atoms with E-state index in [1.165, 1.54) is 4.90 Å². The van der Waals surface area contributed by atoms with Gasteiger partial charge >= 0.3 is 0 Å². The average Bonchev–Trinajstić information content (AvgIpc) is 2.81. The molecular weight excluding hydrogens is 239 g/mol. The molecule has 96 valence electrons.